The SMILES string of the molecule is CCOc1ccc(/C=C(/C#N)C(=O)Nc2c(C)cccc2C)c(O)c1. The van der Waals surface area contributed by atoms with E-state index < -0.39 is 5.91 Å². The molecule has 0 saturated heterocycles. The number of nitrogens with one attached hydrogen (secondary N) is 1. The average molecular weight is 336 g/mol. The fourth-order valence-electron chi connectivity index (χ4n) is 2.40. The van der Waals surface area contributed by atoms with Gasteiger partial charge in [-0.3, -0.25) is 4.79 Å². The summed E-state index contributed by atoms with van der Waals surface area (Å²) >= 11 is 0. The quantitative estimate of drug-likeness (QED) is 0.640. The number of carbonyl (C=O) groups excluding carboxylic acids is 1. The van der Waals surface area contributed by atoms with Gasteiger partial charge >= 0.3 is 0 Å². The van der Waals surface area contributed by atoms with Crippen molar-refractivity contribution >= 4 is 17.7 Å². The fourth-order valence-corrected chi connectivity index (χ4v) is 2.40. The molecule has 2 N–H and O–H groups in total. The molecule has 0 fully saturated rings. The number of benzene rings is 2. The number of nitrogens with zero attached hydrogens (tertiary/aromatic N) is 1. The summed E-state index contributed by atoms with van der Waals surface area (Å²) in [7, 11) is 0. The lowest BCUT2D eigenvalue weighted by atomic mass is 10.1. The van der Waals surface area contributed by atoms with Crippen LogP contribution in [0.4, 0.5) is 5.69 Å². The lowest BCUT2D eigenvalue weighted by molar-refractivity contribution is -0.112. The van der Waals surface area contributed by atoms with E-state index in [9.17, 15) is 15.2 Å². The molecule has 0 atom stereocenters. The minimum absolute atomic E-state index is 0.0569. The molecule has 0 bridgehead atoms. The molecule has 1 amide bonds. The number of amides is 1. The second kappa shape index (κ2) is 8.02. The maximum Gasteiger partial charge on any atom is 0.266 e. The summed E-state index contributed by atoms with van der Waals surface area (Å²) < 4.78 is 5.30. The Kier molecular flexibility index (Phi) is 5.80. The zero-order chi connectivity index (χ0) is 18.4. The van der Waals surface area contributed by atoms with E-state index in [1.54, 1.807) is 12.1 Å². The molecular weight excluding hydrogens is 316 g/mol. The standard InChI is InChI=1S/C20H20N2O3/c1-4-25-17-9-8-15(18(23)11-17)10-16(12-21)20(24)22-19-13(2)6-5-7-14(19)3/h5-11,23H,4H2,1-3H3,(H,22,24)/b16-10-. The number of hydrogen-bond acceptors (Lipinski definition) is 4. The normalized spacial score (nSPS) is 10.9. The van der Waals surface area contributed by atoms with Gasteiger partial charge in [0, 0.05) is 17.3 Å². The summed E-state index contributed by atoms with van der Waals surface area (Å²) in [5.41, 5.74) is 2.78. The van der Waals surface area contributed by atoms with Crippen LogP contribution >= 0.6 is 0 Å². The summed E-state index contributed by atoms with van der Waals surface area (Å²) in [4.78, 5) is 12.4. The molecule has 0 unspecified atom stereocenters. The summed E-state index contributed by atoms with van der Waals surface area (Å²) in [5, 5.41) is 22.1. The van der Waals surface area contributed by atoms with Gasteiger partial charge in [-0.25, -0.2) is 0 Å². The Bertz CT molecular complexity index is 843. The number of nitriles is 1. The molecule has 0 saturated carbocycles. The highest BCUT2D eigenvalue weighted by Gasteiger charge is 2.13. The largest absolute Gasteiger partial charge is 0.507 e. The minimum atomic E-state index is -0.520. The van der Waals surface area contributed by atoms with Crippen molar-refractivity contribution in [2.75, 3.05) is 11.9 Å². The van der Waals surface area contributed by atoms with Crippen LogP contribution in [-0.4, -0.2) is 17.6 Å². The molecule has 128 valence electrons. The molecular formula is C20H20N2O3. The van der Waals surface area contributed by atoms with Crippen LogP contribution in [0, 0.1) is 25.2 Å². The molecule has 25 heavy (non-hydrogen) atoms. The van der Waals surface area contributed by atoms with Crippen LogP contribution < -0.4 is 10.1 Å². The molecule has 0 aliphatic heterocycles. The number of para-hydroxylation sites is 1. The van der Waals surface area contributed by atoms with Crippen LogP contribution in [0.2, 0.25) is 0 Å². The van der Waals surface area contributed by atoms with E-state index >= 15 is 0 Å². The Morgan fingerprint density at radius 1 is 1.28 bits per heavy atom. The van der Waals surface area contributed by atoms with E-state index in [2.05, 4.69) is 5.32 Å². The average Bonchev–Trinajstić information content (AvgIpc) is 2.58. The molecule has 0 spiro atoms. The smallest absolute Gasteiger partial charge is 0.266 e. The summed E-state index contributed by atoms with van der Waals surface area (Å²) in [6.07, 6.45) is 1.36. The first-order chi connectivity index (χ1) is 12.0. The summed E-state index contributed by atoms with van der Waals surface area (Å²) in [6, 6.07) is 12.3. The number of rotatable bonds is 5. The van der Waals surface area contributed by atoms with Crippen LogP contribution in [0.1, 0.15) is 23.6 Å². The third kappa shape index (κ3) is 4.39. The number of phenolic OH excluding ortho intramolecular Hbond substituents is 1. The van der Waals surface area contributed by atoms with E-state index in [1.165, 1.54) is 12.1 Å². The molecule has 5 nitrogen and oxygen atoms in total. The lowest BCUT2D eigenvalue weighted by Crippen LogP contribution is -2.15. The predicted molar refractivity (Wildman–Crippen MR) is 97.4 cm³/mol. The van der Waals surface area contributed by atoms with Crippen LogP contribution in [-0.2, 0) is 4.79 Å². The van der Waals surface area contributed by atoms with E-state index in [1.807, 2.05) is 45.0 Å². The number of ether oxygens (including phenoxy) is 1. The van der Waals surface area contributed by atoms with E-state index in [0.717, 1.165) is 11.1 Å². The van der Waals surface area contributed by atoms with Crippen molar-refractivity contribution in [2.45, 2.75) is 20.8 Å². The fraction of sp³-hybridized carbons (Fsp3) is 0.200. The zero-order valence-electron chi connectivity index (χ0n) is 14.5. The van der Waals surface area contributed by atoms with Gasteiger partial charge in [-0.05, 0) is 50.1 Å². The molecule has 0 aliphatic rings. The number of aromatic hydroxyl groups is 1. The van der Waals surface area contributed by atoms with Gasteiger partial charge in [0.1, 0.15) is 23.1 Å². The monoisotopic (exact) mass is 336 g/mol. The molecule has 0 aliphatic carbocycles. The first-order valence-electron chi connectivity index (χ1n) is 7.91. The van der Waals surface area contributed by atoms with E-state index in [-0.39, 0.29) is 11.3 Å². The van der Waals surface area contributed by atoms with Gasteiger partial charge in [0.25, 0.3) is 5.91 Å². The van der Waals surface area contributed by atoms with Gasteiger partial charge in [0.05, 0.1) is 6.61 Å². The van der Waals surface area contributed by atoms with Crippen molar-refractivity contribution < 1.29 is 14.6 Å². The Labute approximate surface area is 147 Å². The van der Waals surface area contributed by atoms with Gasteiger partial charge in [-0.1, -0.05) is 18.2 Å². The van der Waals surface area contributed by atoms with Crippen LogP contribution in [0.25, 0.3) is 6.08 Å². The lowest BCUT2D eigenvalue weighted by Gasteiger charge is -2.11. The Balaban J connectivity index is 2.28. The Morgan fingerprint density at radius 2 is 1.96 bits per heavy atom. The number of phenols is 1. The first-order valence-corrected chi connectivity index (χ1v) is 7.91. The second-order valence-corrected chi connectivity index (χ2v) is 5.54. The van der Waals surface area contributed by atoms with Gasteiger partial charge in [-0.15, -0.1) is 0 Å². The van der Waals surface area contributed by atoms with E-state index in [0.29, 0.717) is 23.6 Å². The van der Waals surface area contributed by atoms with Crippen molar-refractivity contribution in [1.82, 2.24) is 0 Å². The zero-order valence-corrected chi connectivity index (χ0v) is 14.5. The molecule has 2 aromatic rings. The van der Waals surface area contributed by atoms with Crippen molar-refractivity contribution in [3.05, 3.63) is 58.7 Å². The molecule has 0 radical (unpaired) electrons. The topological polar surface area (TPSA) is 82.3 Å². The van der Waals surface area contributed by atoms with E-state index in [4.69, 9.17) is 4.74 Å². The highest BCUT2D eigenvalue weighted by Crippen LogP contribution is 2.26. The first kappa shape index (κ1) is 18.1. The Hall–Kier alpha value is -3.26. The van der Waals surface area contributed by atoms with Gasteiger partial charge in [0.15, 0.2) is 0 Å². The van der Waals surface area contributed by atoms with Crippen molar-refractivity contribution in [2.24, 2.45) is 0 Å². The maximum atomic E-state index is 12.4. The number of anilines is 1. The van der Waals surface area contributed by atoms with Crippen molar-refractivity contribution in [3.63, 3.8) is 0 Å². The third-order valence-electron chi connectivity index (χ3n) is 3.70. The van der Waals surface area contributed by atoms with Gasteiger partial charge in [0.2, 0.25) is 0 Å². The number of carbonyl (C=O) groups is 1. The predicted octanol–water partition coefficient (Wildman–Crippen LogP) is 3.95. The van der Waals surface area contributed by atoms with Crippen LogP contribution in [0.5, 0.6) is 11.5 Å². The molecule has 5 heteroatoms. The molecule has 0 heterocycles. The highest BCUT2D eigenvalue weighted by molar-refractivity contribution is 6.10. The number of aryl methyl sites for hydroxylation is 2. The number of hydrogen-bond donors (Lipinski definition) is 2. The van der Waals surface area contributed by atoms with Crippen LogP contribution in [0.15, 0.2) is 42.0 Å². The highest BCUT2D eigenvalue weighted by atomic mass is 16.5. The molecule has 2 rings (SSSR count). The van der Waals surface area contributed by atoms with Gasteiger partial charge in [-0.2, -0.15) is 5.26 Å². The maximum absolute atomic E-state index is 12.4. The van der Waals surface area contributed by atoms with Crippen molar-refractivity contribution in [3.8, 4) is 17.6 Å². The summed E-state index contributed by atoms with van der Waals surface area (Å²) in [5.74, 6) is -0.0533. The van der Waals surface area contributed by atoms with Gasteiger partial charge < -0.3 is 15.2 Å². The van der Waals surface area contributed by atoms with Crippen LogP contribution in [0.3, 0.4) is 0 Å². The third-order valence-corrected chi connectivity index (χ3v) is 3.70. The Morgan fingerprint density at radius 3 is 2.52 bits per heavy atom. The molecule has 2 aromatic carbocycles. The molecule has 0 aromatic heterocycles. The van der Waals surface area contributed by atoms with Crippen molar-refractivity contribution in [1.29, 1.82) is 5.26 Å². The summed E-state index contributed by atoms with van der Waals surface area (Å²) in [6.45, 7) is 6.10. The minimum Gasteiger partial charge on any atom is -0.507 e. The second-order valence-electron chi connectivity index (χ2n) is 5.54.